The maximum absolute atomic E-state index is 12.8. The van der Waals surface area contributed by atoms with E-state index in [1.807, 2.05) is 0 Å². The van der Waals surface area contributed by atoms with E-state index >= 15 is 0 Å². The number of anilines is 1. The highest BCUT2D eigenvalue weighted by Gasteiger charge is 2.36. The highest BCUT2D eigenvalue weighted by Crippen LogP contribution is 2.36. The summed E-state index contributed by atoms with van der Waals surface area (Å²) in [5, 5.41) is 13.5. The number of ether oxygens (including phenoxy) is 2. The average molecular weight is 509 g/mol. The second kappa shape index (κ2) is 10.4. The summed E-state index contributed by atoms with van der Waals surface area (Å²) in [6.07, 6.45) is 1.35. The minimum absolute atomic E-state index is 0.0578. The van der Waals surface area contributed by atoms with Crippen LogP contribution >= 0.6 is 11.8 Å². The van der Waals surface area contributed by atoms with Gasteiger partial charge < -0.3 is 19.2 Å². The van der Waals surface area contributed by atoms with Crippen molar-refractivity contribution in [2.75, 3.05) is 26.1 Å². The second-order valence-electron chi connectivity index (χ2n) is 7.39. The molecule has 0 radical (unpaired) electrons. The molecule has 3 aromatic rings. The Balaban J connectivity index is 1.47. The molecule has 1 fully saturated rings. The van der Waals surface area contributed by atoms with Crippen LogP contribution < -0.4 is 14.8 Å². The van der Waals surface area contributed by atoms with Crippen molar-refractivity contribution in [2.45, 2.75) is 0 Å². The third-order valence-electron chi connectivity index (χ3n) is 5.12. The van der Waals surface area contributed by atoms with E-state index in [1.165, 1.54) is 44.6 Å². The lowest BCUT2D eigenvalue weighted by molar-refractivity contribution is -0.384. The quantitative estimate of drug-likeness (QED) is 0.263. The molecule has 0 aliphatic carbocycles. The number of thioether (sulfide) groups is 1. The van der Waals surface area contributed by atoms with Gasteiger partial charge in [-0.05, 0) is 60.3 Å². The van der Waals surface area contributed by atoms with Gasteiger partial charge in [0.05, 0.1) is 35.7 Å². The summed E-state index contributed by atoms with van der Waals surface area (Å²) in [6.45, 7) is -0.463. The second-order valence-corrected chi connectivity index (χ2v) is 8.38. The summed E-state index contributed by atoms with van der Waals surface area (Å²) in [4.78, 5) is 49.3. The molecule has 0 bridgehead atoms. The third kappa shape index (κ3) is 5.23. The van der Waals surface area contributed by atoms with Crippen molar-refractivity contribution < 1.29 is 33.2 Å². The number of hydrogen-bond donors (Lipinski definition) is 1. The van der Waals surface area contributed by atoms with E-state index in [1.54, 1.807) is 30.3 Å². The van der Waals surface area contributed by atoms with Crippen LogP contribution in [0.1, 0.15) is 5.76 Å². The zero-order chi connectivity index (χ0) is 25.8. The SMILES string of the molecule is COc1ccc(NC(=O)CN2C(=O)S/C(=C/c3ccc(-c4ccc(OC)cc4[N+](=O)[O-])o3)C2=O)cc1. The molecule has 11 nitrogen and oxygen atoms in total. The Morgan fingerprint density at radius 1 is 1.08 bits per heavy atom. The largest absolute Gasteiger partial charge is 0.497 e. The van der Waals surface area contributed by atoms with Crippen LogP contribution in [0.15, 0.2) is 63.9 Å². The van der Waals surface area contributed by atoms with Crippen molar-refractivity contribution in [3.8, 4) is 22.8 Å². The van der Waals surface area contributed by atoms with Gasteiger partial charge in [0.1, 0.15) is 29.6 Å². The molecule has 0 spiro atoms. The van der Waals surface area contributed by atoms with Gasteiger partial charge >= 0.3 is 0 Å². The molecule has 12 heteroatoms. The van der Waals surface area contributed by atoms with Crippen LogP contribution in [-0.4, -0.2) is 47.6 Å². The van der Waals surface area contributed by atoms with Crippen LogP contribution in [-0.2, 0) is 9.59 Å². The van der Waals surface area contributed by atoms with Crippen molar-refractivity contribution in [3.63, 3.8) is 0 Å². The summed E-state index contributed by atoms with van der Waals surface area (Å²) in [7, 11) is 2.92. The smallest absolute Gasteiger partial charge is 0.294 e. The Kier molecular flexibility index (Phi) is 7.06. The van der Waals surface area contributed by atoms with Crippen molar-refractivity contribution in [3.05, 3.63) is 75.4 Å². The van der Waals surface area contributed by atoms with Crippen LogP contribution in [0.5, 0.6) is 11.5 Å². The zero-order valence-corrected chi connectivity index (χ0v) is 19.9. The van der Waals surface area contributed by atoms with E-state index in [4.69, 9.17) is 13.9 Å². The number of hydrogen-bond acceptors (Lipinski definition) is 9. The van der Waals surface area contributed by atoms with E-state index in [-0.39, 0.29) is 27.7 Å². The first-order valence-electron chi connectivity index (χ1n) is 10.4. The molecular formula is C24H19N3O8S. The lowest BCUT2D eigenvalue weighted by Gasteiger charge is -2.12. The molecule has 0 atom stereocenters. The van der Waals surface area contributed by atoms with Crippen LogP contribution in [0.25, 0.3) is 17.4 Å². The lowest BCUT2D eigenvalue weighted by atomic mass is 10.1. The predicted molar refractivity (Wildman–Crippen MR) is 132 cm³/mol. The zero-order valence-electron chi connectivity index (χ0n) is 19.0. The molecule has 36 heavy (non-hydrogen) atoms. The van der Waals surface area contributed by atoms with Gasteiger partial charge in [0.2, 0.25) is 5.91 Å². The summed E-state index contributed by atoms with van der Waals surface area (Å²) in [5.41, 5.74) is 0.501. The Hall–Kier alpha value is -4.58. The number of imide groups is 1. The van der Waals surface area contributed by atoms with Crippen molar-refractivity contribution >= 4 is 46.3 Å². The molecule has 1 aliphatic rings. The van der Waals surface area contributed by atoms with Crippen LogP contribution in [0.2, 0.25) is 0 Å². The summed E-state index contributed by atoms with van der Waals surface area (Å²) >= 11 is 0.665. The molecule has 184 valence electrons. The summed E-state index contributed by atoms with van der Waals surface area (Å²) in [5.74, 6) is 0.157. The first-order valence-corrected chi connectivity index (χ1v) is 11.2. The number of benzene rings is 2. The molecule has 1 aliphatic heterocycles. The number of nitrogens with one attached hydrogen (secondary N) is 1. The number of methoxy groups -OCH3 is 2. The maximum Gasteiger partial charge on any atom is 0.294 e. The molecule has 0 saturated carbocycles. The standard InChI is InChI=1S/C24H19N3O8S/c1-33-15-5-3-14(4-6-15)25-22(28)13-26-23(29)21(36-24(26)30)12-17-8-10-20(35-17)18-9-7-16(34-2)11-19(18)27(31)32/h3-12H,13H2,1-2H3,(H,25,28)/b21-12+. The van der Waals surface area contributed by atoms with Gasteiger partial charge in [0.15, 0.2) is 0 Å². The van der Waals surface area contributed by atoms with Gasteiger partial charge in [-0.25, -0.2) is 0 Å². The number of furan rings is 1. The predicted octanol–water partition coefficient (Wildman–Crippen LogP) is 4.55. The van der Waals surface area contributed by atoms with Gasteiger partial charge in [0.25, 0.3) is 16.8 Å². The monoisotopic (exact) mass is 509 g/mol. The first-order chi connectivity index (χ1) is 17.3. The van der Waals surface area contributed by atoms with E-state index < -0.39 is 28.5 Å². The fraction of sp³-hybridized carbons (Fsp3) is 0.125. The number of nitrogens with zero attached hydrogens (tertiary/aromatic N) is 2. The third-order valence-corrected chi connectivity index (χ3v) is 6.02. The molecule has 1 aromatic heterocycles. The number of nitro groups is 1. The van der Waals surface area contributed by atoms with Crippen LogP contribution in [0, 0.1) is 10.1 Å². The summed E-state index contributed by atoms with van der Waals surface area (Å²) < 4.78 is 15.8. The van der Waals surface area contributed by atoms with E-state index in [0.29, 0.717) is 28.9 Å². The minimum Gasteiger partial charge on any atom is -0.497 e. The fourth-order valence-electron chi connectivity index (χ4n) is 3.36. The van der Waals surface area contributed by atoms with Crippen molar-refractivity contribution in [1.82, 2.24) is 4.90 Å². The Bertz CT molecular complexity index is 1380. The topological polar surface area (TPSA) is 141 Å². The summed E-state index contributed by atoms with van der Waals surface area (Å²) in [6, 6.07) is 14.0. The highest BCUT2D eigenvalue weighted by molar-refractivity contribution is 8.18. The normalized spacial score (nSPS) is 14.3. The Labute approximate surface area is 208 Å². The van der Waals surface area contributed by atoms with Gasteiger partial charge in [0, 0.05) is 11.8 Å². The van der Waals surface area contributed by atoms with Crippen molar-refractivity contribution in [1.29, 1.82) is 0 Å². The molecule has 2 aromatic carbocycles. The molecule has 4 rings (SSSR count). The van der Waals surface area contributed by atoms with Gasteiger partial charge in [-0.1, -0.05) is 0 Å². The van der Waals surface area contributed by atoms with Crippen molar-refractivity contribution in [2.24, 2.45) is 0 Å². The number of amides is 3. The Morgan fingerprint density at radius 2 is 1.78 bits per heavy atom. The van der Waals surface area contributed by atoms with Gasteiger partial charge in [-0.2, -0.15) is 0 Å². The molecule has 1 saturated heterocycles. The number of carbonyl (C=O) groups excluding carboxylic acids is 3. The molecule has 2 heterocycles. The maximum atomic E-state index is 12.8. The fourth-order valence-corrected chi connectivity index (χ4v) is 4.18. The minimum atomic E-state index is -0.650. The van der Waals surface area contributed by atoms with E-state index in [9.17, 15) is 24.5 Å². The van der Waals surface area contributed by atoms with E-state index in [2.05, 4.69) is 5.32 Å². The molecule has 0 unspecified atom stereocenters. The lowest BCUT2D eigenvalue weighted by Crippen LogP contribution is -2.36. The first kappa shape index (κ1) is 24.5. The van der Waals surface area contributed by atoms with Gasteiger partial charge in [-0.3, -0.25) is 29.4 Å². The average Bonchev–Trinajstić information content (AvgIpc) is 3.44. The number of rotatable bonds is 8. The van der Waals surface area contributed by atoms with Crippen LogP contribution in [0.3, 0.4) is 0 Å². The van der Waals surface area contributed by atoms with Gasteiger partial charge in [-0.15, -0.1) is 0 Å². The number of carbonyl (C=O) groups is 3. The highest BCUT2D eigenvalue weighted by atomic mass is 32.2. The van der Waals surface area contributed by atoms with E-state index in [0.717, 1.165) is 4.90 Å². The number of nitro benzene ring substituents is 1. The van der Waals surface area contributed by atoms with Crippen LogP contribution in [0.4, 0.5) is 16.2 Å². The molecule has 3 amide bonds. The molecular weight excluding hydrogens is 490 g/mol. The molecule has 1 N–H and O–H groups in total. The Morgan fingerprint density at radius 3 is 2.44 bits per heavy atom.